The minimum Gasteiger partial charge on any atom is -0.342 e. The molecule has 0 aliphatic rings. The van der Waals surface area contributed by atoms with Crippen molar-refractivity contribution in [1.29, 1.82) is 0 Å². The highest BCUT2D eigenvalue weighted by Crippen LogP contribution is 2.25. The lowest BCUT2D eigenvalue weighted by Crippen LogP contribution is -1.99. The zero-order chi connectivity index (χ0) is 13.8. The summed E-state index contributed by atoms with van der Waals surface area (Å²) in [6, 6.07) is 4.47. The molecule has 0 radical (unpaired) electrons. The summed E-state index contributed by atoms with van der Waals surface area (Å²) in [5, 5.41) is 0. The van der Waals surface area contributed by atoms with Crippen LogP contribution in [0.15, 0.2) is 18.3 Å². The molecule has 0 unspecified atom stereocenters. The van der Waals surface area contributed by atoms with Crippen LogP contribution in [0, 0.1) is 20.8 Å². The van der Waals surface area contributed by atoms with E-state index in [2.05, 4.69) is 42.9 Å². The third-order valence-corrected chi connectivity index (χ3v) is 3.63. The molecule has 1 heterocycles. The lowest BCUT2D eigenvalue weighted by Gasteiger charge is -2.08. The lowest BCUT2D eigenvalue weighted by molar-refractivity contribution is 0.723. The number of unbranched alkanes of at least 4 members (excludes halogenated alkanes) is 1. The number of rotatable bonds is 5. The molecule has 3 nitrogen and oxygen atoms in total. The largest absolute Gasteiger partial charge is 0.342 e. The number of aromatic nitrogens is 2. The van der Waals surface area contributed by atoms with Crippen LogP contribution in [0.1, 0.15) is 35.4 Å². The molecule has 0 spiro atoms. The van der Waals surface area contributed by atoms with Crippen LogP contribution in [0.4, 0.5) is 0 Å². The van der Waals surface area contributed by atoms with Crippen LogP contribution in [0.3, 0.4) is 0 Å². The number of H-pyrrole nitrogens is 1. The molecule has 2 aromatic rings. The third kappa shape index (κ3) is 3.24. The molecular weight excluding hydrogens is 234 g/mol. The summed E-state index contributed by atoms with van der Waals surface area (Å²) in [4.78, 5) is 7.89. The van der Waals surface area contributed by atoms with E-state index in [0.717, 1.165) is 37.3 Å². The molecule has 0 bridgehead atoms. The second-order valence-electron chi connectivity index (χ2n) is 5.24. The van der Waals surface area contributed by atoms with Crippen molar-refractivity contribution < 1.29 is 0 Å². The van der Waals surface area contributed by atoms with Crippen molar-refractivity contribution in [2.75, 3.05) is 6.54 Å². The number of nitrogens with one attached hydrogen (secondary N) is 1. The van der Waals surface area contributed by atoms with Gasteiger partial charge in [-0.2, -0.15) is 0 Å². The van der Waals surface area contributed by atoms with Crippen LogP contribution < -0.4 is 5.73 Å². The first-order valence-electron chi connectivity index (χ1n) is 6.94. The first-order chi connectivity index (χ1) is 9.11. The first-order valence-corrected chi connectivity index (χ1v) is 6.94. The Hall–Kier alpha value is -1.61. The maximum Gasteiger partial charge on any atom is 0.106 e. The Kier molecular flexibility index (Phi) is 4.38. The monoisotopic (exact) mass is 257 g/mol. The van der Waals surface area contributed by atoms with Crippen LogP contribution in [0.5, 0.6) is 0 Å². The van der Waals surface area contributed by atoms with Crippen LogP contribution >= 0.6 is 0 Å². The lowest BCUT2D eigenvalue weighted by atomic mass is 9.99. The zero-order valence-electron chi connectivity index (χ0n) is 12.1. The Bertz CT molecular complexity index is 555. The molecule has 0 aliphatic heterocycles. The smallest absolute Gasteiger partial charge is 0.106 e. The average Bonchev–Trinajstić information content (AvgIpc) is 2.83. The molecule has 2 rings (SSSR count). The minimum atomic E-state index is 0.754. The van der Waals surface area contributed by atoms with Gasteiger partial charge in [-0.05, 0) is 62.9 Å². The van der Waals surface area contributed by atoms with Crippen molar-refractivity contribution in [3.8, 4) is 11.3 Å². The third-order valence-electron chi connectivity index (χ3n) is 3.63. The Morgan fingerprint density at radius 3 is 2.53 bits per heavy atom. The van der Waals surface area contributed by atoms with Gasteiger partial charge in [0.15, 0.2) is 0 Å². The van der Waals surface area contributed by atoms with Gasteiger partial charge in [0.1, 0.15) is 5.82 Å². The van der Waals surface area contributed by atoms with Gasteiger partial charge in [-0.15, -0.1) is 0 Å². The number of benzene rings is 1. The molecule has 0 aliphatic carbocycles. The van der Waals surface area contributed by atoms with Crippen LogP contribution in [0.2, 0.25) is 0 Å². The highest BCUT2D eigenvalue weighted by Gasteiger charge is 2.07. The number of aryl methyl sites for hydroxylation is 4. The van der Waals surface area contributed by atoms with Gasteiger partial charge in [0.05, 0.1) is 11.9 Å². The fourth-order valence-corrected chi connectivity index (χ4v) is 2.31. The molecule has 1 aromatic carbocycles. The molecule has 0 amide bonds. The molecular formula is C16H23N3. The van der Waals surface area contributed by atoms with Gasteiger partial charge in [0.25, 0.3) is 0 Å². The Morgan fingerprint density at radius 1 is 1.05 bits per heavy atom. The molecule has 0 fully saturated rings. The van der Waals surface area contributed by atoms with Crippen LogP contribution in [-0.4, -0.2) is 16.5 Å². The average molecular weight is 257 g/mol. The van der Waals surface area contributed by atoms with E-state index in [1.165, 1.54) is 22.3 Å². The molecule has 0 saturated carbocycles. The first kappa shape index (κ1) is 13.8. The van der Waals surface area contributed by atoms with E-state index in [9.17, 15) is 0 Å². The molecule has 1 aromatic heterocycles. The maximum absolute atomic E-state index is 5.51. The molecule has 3 N–H and O–H groups in total. The van der Waals surface area contributed by atoms with Gasteiger partial charge in [-0.25, -0.2) is 4.98 Å². The van der Waals surface area contributed by atoms with Gasteiger partial charge >= 0.3 is 0 Å². The highest BCUT2D eigenvalue weighted by atomic mass is 14.9. The number of hydrogen-bond donors (Lipinski definition) is 2. The maximum atomic E-state index is 5.51. The molecule has 0 atom stereocenters. The predicted molar refractivity (Wildman–Crippen MR) is 80.2 cm³/mol. The van der Waals surface area contributed by atoms with Gasteiger partial charge in [-0.1, -0.05) is 6.07 Å². The SMILES string of the molecule is Cc1cc(C)c(-c2cnc(CCCCN)[nH]2)cc1C. The standard InChI is InChI=1S/C16H23N3/c1-11-8-13(3)14(9-12(11)2)15-10-18-16(19-15)6-4-5-7-17/h8-10H,4-7,17H2,1-3H3,(H,18,19). The molecule has 102 valence electrons. The summed E-state index contributed by atoms with van der Waals surface area (Å²) in [6.45, 7) is 7.20. The van der Waals surface area contributed by atoms with Crippen LogP contribution in [0.25, 0.3) is 11.3 Å². The number of nitrogens with two attached hydrogens (primary N) is 1. The van der Waals surface area contributed by atoms with E-state index in [1.807, 2.05) is 6.20 Å². The molecule has 19 heavy (non-hydrogen) atoms. The van der Waals surface area contributed by atoms with Gasteiger partial charge in [0.2, 0.25) is 0 Å². The van der Waals surface area contributed by atoms with Crippen LogP contribution in [-0.2, 0) is 6.42 Å². The number of imidazole rings is 1. The topological polar surface area (TPSA) is 54.7 Å². The Morgan fingerprint density at radius 2 is 1.79 bits per heavy atom. The summed E-state index contributed by atoms with van der Waals surface area (Å²) in [6.07, 6.45) is 5.06. The summed E-state index contributed by atoms with van der Waals surface area (Å²) in [7, 11) is 0. The number of nitrogens with zero attached hydrogens (tertiary/aromatic N) is 1. The summed E-state index contributed by atoms with van der Waals surface area (Å²) >= 11 is 0. The quantitative estimate of drug-likeness (QED) is 0.808. The van der Waals surface area contributed by atoms with Gasteiger partial charge in [0, 0.05) is 12.0 Å². The summed E-state index contributed by atoms with van der Waals surface area (Å²) in [5.41, 5.74) is 11.8. The summed E-state index contributed by atoms with van der Waals surface area (Å²) < 4.78 is 0. The fraction of sp³-hybridized carbons (Fsp3) is 0.438. The van der Waals surface area contributed by atoms with Crippen molar-refractivity contribution in [3.05, 3.63) is 40.8 Å². The van der Waals surface area contributed by atoms with Crippen molar-refractivity contribution in [1.82, 2.24) is 9.97 Å². The van der Waals surface area contributed by atoms with E-state index in [0.29, 0.717) is 0 Å². The van der Waals surface area contributed by atoms with Gasteiger partial charge in [-0.3, -0.25) is 0 Å². The predicted octanol–water partition coefficient (Wildman–Crippen LogP) is 3.28. The van der Waals surface area contributed by atoms with Crippen molar-refractivity contribution in [2.45, 2.75) is 40.0 Å². The second kappa shape index (κ2) is 6.02. The zero-order valence-corrected chi connectivity index (χ0v) is 12.1. The summed E-state index contributed by atoms with van der Waals surface area (Å²) in [5.74, 6) is 1.06. The fourth-order valence-electron chi connectivity index (χ4n) is 2.31. The number of hydrogen-bond acceptors (Lipinski definition) is 2. The van der Waals surface area contributed by atoms with E-state index in [-0.39, 0.29) is 0 Å². The van der Waals surface area contributed by atoms with E-state index in [4.69, 9.17) is 5.73 Å². The highest BCUT2D eigenvalue weighted by molar-refractivity contribution is 5.64. The van der Waals surface area contributed by atoms with Crippen molar-refractivity contribution >= 4 is 0 Å². The normalized spacial score (nSPS) is 10.9. The van der Waals surface area contributed by atoms with Crippen molar-refractivity contribution in [3.63, 3.8) is 0 Å². The molecule has 3 heteroatoms. The Labute approximate surface area is 115 Å². The van der Waals surface area contributed by atoms with E-state index in [1.54, 1.807) is 0 Å². The van der Waals surface area contributed by atoms with Crippen molar-refractivity contribution in [2.24, 2.45) is 5.73 Å². The van der Waals surface area contributed by atoms with Gasteiger partial charge < -0.3 is 10.7 Å². The molecule has 0 saturated heterocycles. The van der Waals surface area contributed by atoms with E-state index < -0.39 is 0 Å². The number of aromatic amines is 1. The minimum absolute atomic E-state index is 0.754. The Balaban J connectivity index is 2.20. The second-order valence-corrected chi connectivity index (χ2v) is 5.24. The van der Waals surface area contributed by atoms with E-state index >= 15 is 0 Å².